The Morgan fingerprint density at radius 2 is 1.67 bits per heavy atom. The van der Waals surface area contributed by atoms with Crippen molar-refractivity contribution in [3.8, 4) is 11.5 Å². The Hall–Kier alpha value is -2.63. The quantitative estimate of drug-likeness (QED) is 0.706. The standard InChI is InChI=1S/C18H16F3NO2/c19-18(20,21)12-24-17-4-2-1-3-16(17)23-10-8-13-5-6-15-14(11-13)7-9-22-15/h1-7,9,11,22H,8,10,12H2. The van der Waals surface area contributed by atoms with E-state index in [1.54, 1.807) is 18.2 Å². The molecule has 0 aliphatic carbocycles. The maximum Gasteiger partial charge on any atom is 0.422 e. The average molecular weight is 335 g/mol. The fraction of sp³-hybridized carbons (Fsp3) is 0.222. The number of hydrogen-bond donors (Lipinski definition) is 1. The molecule has 1 heterocycles. The van der Waals surface area contributed by atoms with E-state index >= 15 is 0 Å². The fourth-order valence-corrected chi connectivity index (χ4v) is 2.39. The molecule has 0 aliphatic rings. The van der Waals surface area contributed by atoms with Crippen LogP contribution in [0.2, 0.25) is 0 Å². The lowest BCUT2D eigenvalue weighted by Crippen LogP contribution is -2.19. The Bertz CT molecular complexity index is 811. The van der Waals surface area contributed by atoms with Crippen LogP contribution in [0, 0.1) is 0 Å². The monoisotopic (exact) mass is 335 g/mol. The predicted octanol–water partition coefficient (Wildman–Crippen LogP) is 4.73. The number of H-pyrrole nitrogens is 1. The van der Waals surface area contributed by atoms with E-state index in [1.807, 2.05) is 24.4 Å². The molecule has 1 N–H and O–H groups in total. The van der Waals surface area contributed by atoms with Crippen molar-refractivity contribution in [1.82, 2.24) is 4.98 Å². The van der Waals surface area contributed by atoms with Crippen LogP contribution in [0.5, 0.6) is 11.5 Å². The van der Waals surface area contributed by atoms with Crippen molar-refractivity contribution in [2.24, 2.45) is 0 Å². The van der Waals surface area contributed by atoms with Crippen molar-refractivity contribution in [2.45, 2.75) is 12.6 Å². The van der Waals surface area contributed by atoms with Gasteiger partial charge in [-0.05, 0) is 41.3 Å². The molecule has 0 amide bonds. The van der Waals surface area contributed by atoms with E-state index in [2.05, 4.69) is 11.1 Å². The maximum atomic E-state index is 12.3. The van der Waals surface area contributed by atoms with Crippen molar-refractivity contribution in [3.05, 3.63) is 60.3 Å². The van der Waals surface area contributed by atoms with Gasteiger partial charge in [-0.15, -0.1) is 0 Å². The normalized spacial score (nSPS) is 11.6. The molecule has 0 radical (unpaired) electrons. The summed E-state index contributed by atoms with van der Waals surface area (Å²) in [5, 5.41) is 1.11. The molecule has 0 atom stereocenters. The van der Waals surface area contributed by atoms with Gasteiger partial charge in [-0.2, -0.15) is 13.2 Å². The number of nitrogens with one attached hydrogen (secondary N) is 1. The molecule has 0 unspecified atom stereocenters. The van der Waals surface area contributed by atoms with E-state index in [0.29, 0.717) is 18.8 Å². The number of aromatic nitrogens is 1. The van der Waals surface area contributed by atoms with Crippen LogP contribution < -0.4 is 9.47 Å². The number of hydrogen-bond acceptors (Lipinski definition) is 2. The number of benzene rings is 2. The van der Waals surface area contributed by atoms with Gasteiger partial charge in [0.25, 0.3) is 0 Å². The first kappa shape index (κ1) is 16.2. The van der Waals surface area contributed by atoms with Crippen LogP contribution in [0.3, 0.4) is 0 Å². The molecule has 0 saturated heterocycles. The molecule has 24 heavy (non-hydrogen) atoms. The Morgan fingerprint density at radius 3 is 2.42 bits per heavy atom. The minimum absolute atomic E-state index is 0.0934. The molecule has 2 aromatic carbocycles. The minimum Gasteiger partial charge on any atom is -0.489 e. The summed E-state index contributed by atoms with van der Waals surface area (Å²) in [5.74, 6) is 0.403. The van der Waals surface area contributed by atoms with Crippen molar-refractivity contribution < 1.29 is 22.6 Å². The minimum atomic E-state index is -4.38. The van der Waals surface area contributed by atoms with E-state index in [0.717, 1.165) is 16.5 Å². The topological polar surface area (TPSA) is 34.2 Å². The summed E-state index contributed by atoms with van der Waals surface area (Å²) in [6, 6.07) is 14.4. The zero-order chi connectivity index (χ0) is 17.0. The summed E-state index contributed by atoms with van der Waals surface area (Å²) >= 11 is 0. The number of aromatic amines is 1. The predicted molar refractivity (Wildman–Crippen MR) is 85.5 cm³/mol. The Kier molecular flexibility index (Phi) is 4.64. The first-order valence-electron chi connectivity index (χ1n) is 7.49. The molecule has 0 bridgehead atoms. The number of fused-ring (bicyclic) bond motifs is 1. The lowest BCUT2D eigenvalue weighted by molar-refractivity contribution is -0.153. The fourth-order valence-electron chi connectivity index (χ4n) is 2.39. The van der Waals surface area contributed by atoms with Crippen LogP contribution in [0.4, 0.5) is 13.2 Å². The summed E-state index contributed by atoms with van der Waals surface area (Å²) in [7, 11) is 0. The first-order chi connectivity index (χ1) is 11.5. The van der Waals surface area contributed by atoms with E-state index in [9.17, 15) is 13.2 Å². The highest BCUT2D eigenvalue weighted by Gasteiger charge is 2.28. The Labute approximate surface area is 137 Å². The molecule has 3 nitrogen and oxygen atoms in total. The van der Waals surface area contributed by atoms with Gasteiger partial charge in [0.15, 0.2) is 18.1 Å². The highest BCUT2D eigenvalue weighted by Crippen LogP contribution is 2.28. The van der Waals surface area contributed by atoms with Crippen molar-refractivity contribution in [2.75, 3.05) is 13.2 Å². The van der Waals surface area contributed by atoms with Gasteiger partial charge < -0.3 is 14.5 Å². The molecular weight excluding hydrogens is 319 g/mol. The third-order valence-electron chi connectivity index (χ3n) is 3.51. The molecule has 0 fully saturated rings. The second-order valence-corrected chi connectivity index (χ2v) is 5.35. The van der Waals surface area contributed by atoms with E-state index < -0.39 is 12.8 Å². The number of alkyl halides is 3. The van der Waals surface area contributed by atoms with Gasteiger partial charge in [-0.25, -0.2) is 0 Å². The van der Waals surface area contributed by atoms with Gasteiger partial charge in [-0.3, -0.25) is 0 Å². The molecular formula is C18H16F3NO2. The molecule has 0 aliphatic heterocycles. The highest BCUT2D eigenvalue weighted by molar-refractivity contribution is 5.79. The molecule has 6 heteroatoms. The first-order valence-corrected chi connectivity index (χ1v) is 7.49. The summed E-state index contributed by atoms with van der Waals surface area (Å²) in [5.41, 5.74) is 2.15. The molecule has 126 valence electrons. The smallest absolute Gasteiger partial charge is 0.422 e. The number of rotatable bonds is 6. The van der Waals surface area contributed by atoms with Crippen LogP contribution in [-0.4, -0.2) is 24.4 Å². The van der Waals surface area contributed by atoms with Crippen molar-refractivity contribution in [3.63, 3.8) is 0 Å². The third-order valence-corrected chi connectivity index (χ3v) is 3.51. The molecule has 1 aromatic heterocycles. The molecule has 3 rings (SSSR count). The Balaban J connectivity index is 1.60. The second-order valence-electron chi connectivity index (χ2n) is 5.35. The van der Waals surface area contributed by atoms with E-state index in [-0.39, 0.29) is 5.75 Å². The molecule has 0 spiro atoms. The van der Waals surface area contributed by atoms with Gasteiger partial charge in [0, 0.05) is 18.1 Å². The number of para-hydroxylation sites is 2. The van der Waals surface area contributed by atoms with Gasteiger partial charge in [0.1, 0.15) is 0 Å². The van der Waals surface area contributed by atoms with Crippen LogP contribution in [0.15, 0.2) is 54.7 Å². The summed E-state index contributed by atoms with van der Waals surface area (Å²) in [4.78, 5) is 3.12. The Morgan fingerprint density at radius 1 is 0.917 bits per heavy atom. The lowest BCUT2D eigenvalue weighted by atomic mass is 10.1. The number of halogens is 3. The number of ether oxygens (including phenoxy) is 2. The van der Waals surface area contributed by atoms with Gasteiger partial charge in [0.05, 0.1) is 6.61 Å². The average Bonchev–Trinajstić information content (AvgIpc) is 3.01. The summed E-state index contributed by atoms with van der Waals surface area (Å²) < 4.78 is 47.2. The van der Waals surface area contributed by atoms with Gasteiger partial charge in [-0.1, -0.05) is 18.2 Å². The molecule has 3 aromatic rings. The van der Waals surface area contributed by atoms with Crippen LogP contribution in [0.1, 0.15) is 5.56 Å². The second kappa shape index (κ2) is 6.86. The zero-order valence-corrected chi connectivity index (χ0v) is 12.8. The van der Waals surface area contributed by atoms with Crippen LogP contribution in [-0.2, 0) is 6.42 Å². The van der Waals surface area contributed by atoms with Crippen LogP contribution in [0.25, 0.3) is 10.9 Å². The van der Waals surface area contributed by atoms with Crippen molar-refractivity contribution >= 4 is 10.9 Å². The third kappa shape index (κ3) is 4.22. The maximum absolute atomic E-state index is 12.3. The van der Waals surface area contributed by atoms with Crippen LogP contribution >= 0.6 is 0 Å². The SMILES string of the molecule is FC(F)(F)COc1ccccc1OCCc1ccc2[nH]ccc2c1. The highest BCUT2D eigenvalue weighted by atomic mass is 19.4. The van der Waals surface area contributed by atoms with E-state index in [1.165, 1.54) is 6.07 Å². The van der Waals surface area contributed by atoms with E-state index in [4.69, 9.17) is 9.47 Å². The lowest BCUT2D eigenvalue weighted by Gasteiger charge is -2.13. The summed E-state index contributed by atoms with van der Waals surface area (Å²) in [6.45, 7) is -0.986. The van der Waals surface area contributed by atoms with Gasteiger partial charge in [0.2, 0.25) is 0 Å². The zero-order valence-electron chi connectivity index (χ0n) is 12.8. The van der Waals surface area contributed by atoms with Gasteiger partial charge >= 0.3 is 6.18 Å². The molecule has 0 saturated carbocycles. The largest absolute Gasteiger partial charge is 0.489 e. The summed E-state index contributed by atoms with van der Waals surface area (Å²) in [6.07, 6.45) is -1.85. The van der Waals surface area contributed by atoms with Crippen molar-refractivity contribution in [1.29, 1.82) is 0 Å².